The zero-order valence-electron chi connectivity index (χ0n) is 8.97. The predicted molar refractivity (Wildman–Crippen MR) is 54.2 cm³/mol. The smallest absolute Gasteiger partial charge is 0.416 e. The molecule has 2 rings (SSSR count). The predicted octanol–water partition coefficient (Wildman–Crippen LogP) is 1.99. The Kier molecular flexibility index (Phi) is 3.91. The van der Waals surface area contributed by atoms with Crippen LogP contribution < -0.4 is 0 Å². The molecule has 2 aliphatic heterocycles. The lowest BCUT2D eigenvalue weighted by molar-refractivity contribution is -0.322. The summed E-state index contributed by atoms with van der Waals surface area (Å²) in [7, 11) is 0. The summed E-state index contributed by atoms with van der Waals surface area (Å²) in [4.78, 5) is 20.6. The molecule has 2 atom stereocenters. The Morgan fingerprint density at radius 1 is 1.62 bits per heavy atom. The summed E-state index contributed by atoms with van der Waals surface area (Å²) >= 11 is 1.14. The highest BCUT2D eigenvalue weighted by Crippen LogP contribution is 2.32. The highest BCUT2D eigenvalue weighted by molar-refractivity contribution is 7.95. The molecule has 16 heavy (non-hydrogen) atoms. The van der Waals surface area contributed by atoms with E-state index in [0.717, 1.165) is 24.9 Å². The quantitative estimate of drug-likeness (QED) is 0.248. The van der Waals surface area contributed by atoms with E-state index in [9.17, 15) is 4.79 Å². The van der Waals surface area contributed by atoms with E-state index in [1.54, 1.807) is 0 Å². The first-order valence-corrected chi connectivity index (χ1v) is 6.03. The van der Waals surface area contributed by atoms with E-state index in [0.29, 0.717) is 19.6 Å². The maximum atomic E-state index is 11.2. The molecule has 0 amide bonds. The summed E-state index contributed by atoms with van der Waals surface area (Å²) < 4.78 is 15.0. The Morgan fingerprint density at radius 3 is 3.00 bits per heavy atom. The van der Waals surface area contributed by atoms with Crippen LogP contribution in [0.3, 0.4) is 0 Å². The van der Waals surface area contributed by atoms with Gasteiger partial charge in [-0.3, -0.25) is 4.89 Å². The molecule has 2 fully saturated rings. The molecule has 0 saturated carbocycles. The van der Waals surface area contributed by atoms with Gasteiger partial charge in [-0.1, -0.05) is 6.92 Å². The first kappa shape index (κ1) is 12.0. The van der Waals surface area contributed by atoms with Crippen molar-refractivity contribution in [1.82, 2.24) is 0 Å². The van der Waals surface area contributed by atoms with E-state index in [-0.39, 0.29) is 5.44 Å². The second kappa shape index (κ2) is 5.22. The molecule has 0 aromatic rings. The summed E-state index contributed by atoms with van der Waals surface area (Å²) in [5.41, 5.74) is -0.317. The minimum atomic E-state index is -0.855. The van der Waals surface area contributed by atoms with Crippen LogP contribution in [0.5, 0.6) is 0 Å². The SMILES string of the molecule is CCC1(OOC(=O)OC2CCCOS2)CO1. The van der Waals surface area contributed by atoms with Crippen molar-refractivity contribution in [3.05, 3.63) is 0 Å². The molecule has 0 aromatic heterocycles. The number of hydrogen-bond donors (Lipinski definition) is 0. The fourth-order valence-electron chi connectivity index (χ4n) is 1.19. The summed E-state index contributed by atoms with van der Waals surface area (Å²) in [6.45, 7) is 3.01. The third-order valence-corrected chi connectivity index (χ3v) is 3.19. The summed E-state index contributed by atoms with van der Waals surface area (Å²) in [5.74, 6) is -0.741. The van der Waals surface area contributed by atoms with Crippen molar-refractivity contribution < 1.29 is 28.2 Å². The van der Waals surface area contributed by atoms with Crippen molar-refractivity contribution in [3.63, 3.8) is 0 Å². The molecule has 2 unspecified atom stereocenters. The van der Waals surface area contributed by atoms with E-state index < -0.39 is 11.9 Å². The van der Waals surface area contributed by atoms with Crippen LogP contribution in [0.4, 0.5) is 4.79 Å². The van der Waals surface area contributed by atoms with Crippen LogP contribution >= 0.6 is 12.0 Å². The number of ether oxygens (including phenoxy) is 2. The van der Waals surface area contributed by atoms with Gasteiger partial charge >= 0.3 is 6.16 Å². The van der Waals surface area contributed by atoms with Crippen molar-refractivity contribution in [2.75, 3.05) is 13.2 Å². The van der Waals surface area contributed by atoms with Gasteiger partial charge in [-0.25, -0.2) is 4.79 Å². The van der Waals surface area contributed by atoms with Crippen LogP contribution in [0.2, 0.25) is 0 Å². The molecule has 92 valence electrons. The van der Waals surface area contributed by atoms with Crippen LogP contribution in [-0.2, 0) is 23.4 Å². The zero-order valence-corrected chi connectivity index (χ0v) is 9.79. The van der Waals surface area contributed by atoms with Gasteiger partial charge in [0.2, 0.25) is 5.79 Å². The summed E-state index contributed by atoms with van der Waals surface area (Å²) in [5, 5.41) is 0. The van der Waals surface area contributed by atoms with Gasteiger partial charge in [0.15, 0.2) is 5.44 Å². The van der Waals surface area contributed by atoms with Crippen LogP contribution in [0.1, 0.15) is 26.2 Å². The Balaban J connectivity index is 1.64. The van der Waals surface area contributed by atoms with Crippen molar-refractivity contribution in [1.29, 1.82) is 0 Å². The summed E-state index contributed by atoms with van der Waals surface area (Å²) in [6.07, 6.45) is 1.40. The fraction of sp³-hybridized carbons (Fsp3) is 0.889. The molecular weight excluding hydrogens is 236 g/mol. The third-order valence-electron chi connectivity index (χ3n) is 2.34. The standard InChI is InChI=1S/C9H14O6S/c1-2-9(6-11-9)15-14-8(10)13-7-4-3-5-12-16-7/h7H,2-6H2,1H3. The normalized spacial score (nSPS) is 33.2. The first-order valence-electron chi connectivity index (χ1n) is 5.23. The second-order valence-electron chi connectivity index (χ2n) is 3.58. The van der Waals surface area contributed by atoms with E-state index in [1.165, 1.54) is 0 Å². The van der Waals surface area contributed by atoms with Crippen LogP contribution in [0, 0.1) is 0 Å². The zero-order chi connectivity index (χ0) is 11.4. The number of carbonyl (C=O) groups excluding carboxylic acids is 1. The Hall–Kier alpha value is -0.500. The maximum absolute atomic E-state index is 11.2. The molecule has 0 aliphatic carbocycles. The average molecular weight is 250 g/mol. The molecule has 0 spiro atoms. The fourth-order valence-corrected chi connectivity index (χ4v) is 1.93. The minimum absolute atomic E-state index is 0.317. The van der Waals surface area contributed by atoms with Crippen LogP contribution in [-0.4, -0.2) is 30.6 Å². The van der Waals surface area contributed by atoms with Crippen molar-refractivity contribution in [2.24, 2.45) is 0 Å². The number of carbonyl (C=O) groups is 1. The molecule has 0 bridgehead atoms. The van der Waals surface area contributed by atoms with Crippen LogP contribution in [0.25, 0.3) is 0 Å². The Morgan fingerprint density at radius 2 is 2.44 bits per heavy atom. The monoisotopic (exact) mass is 250 g/mol. The van der Waals surface area contributed by atoms with E-state index in [1.807, 2.05) is 6.92 Å². The molecule has 6 nitrogen and oxygen atoms in total. The van der Waals surface area contributed by atoms with Gasteiger partial charge in [0.05, 0.1) is 6.61 Å². The second-order valence-corrected chi connectivity index (χ2v) is 4.53. The number of rotatable bonds is 4. The Bertz CT molecular complexity index is 248. The molecule has 0 N–H and O–H groups in total. The highest BCUT2D eigenvalue weighted by Gasteiger charge is 2.47. The molecule has 7 heteroatoms. The van der Waals surface area contributed by atoms with Gasteiger partial charge in [-0.15, -0.1) is 4.89 Å². The van der Waals surface area contributed by atoms with Crippen LogP contribution in [0.15, 0.2) is 0 Å². The van der Waals surface area contributed by atoms with E-state index in [2.05, 4.69) is 4.89 Å². The topological polar surface area (TPSA) is 66.5 Å². The molecule has 0 radical (unpaired) electrons. The van der Waals surface area contributed by atoms with E-state index in [4.69, 9.17) is 18.5 Å². The number of epoxide rings is 1. The highest BCUT2D eigenvalue weighted by atomic mass is 32.2. The largest absolute Gasteiger partial charge is 0.541 e. The van der Waals surface area contributed by atoms with E-state index >= 15 is 0 Å². The first-order chi connectivity index (χ1) is 7.74. The lowest BCUT2D eigenvalue weighted by Gasteiger charge is -2.19. The molecule has 2 heterocycles. The van der Waals surface area contributed by atoms with Gasteiger partial charge < -0.3 is 13.7 Å². The molecular formula is C9H14O6S. The van der Waals surface area contributed by atoms with Gasteiger partial charge in [-0.05, 0) is 12.8 Å². The van der Waals surface area contributed by atoms with Crippen molar-refractivity contribution >= 4 is 18.2 Å². The lowest BCUT2D eigenvalue weighted by atomic mass is 10.3. The van der Waals surface area contributed by atoms with Gasteiger partial charge in [0.25, 0.3) is 0 Å². The molecule has 0 aromatic carbocycles. The van der Waals surface area contributed by atoms with Gasteiger partial charge in [-0.2, -0.15) is 0 Å². The van der Waals surface area contributed by atoms with Gasteiger partial charge in [0, 0.05) is 18.5 Å². The Labute approximate surface area is 97.6 Å². The average Bonchev–Trinajstić information content (AvgIpc) is 3.09. The maximum Gasteiger partial charge on any atom is 0.541 e. The number of hydrogen-bond acceptors (Lipinski definition) is 7. The van der Waals surface area contributed by atoms with Gasteiger partial charge in [0.1, 0.15) is 6.61 Å². The third kappa shape index (κ3) is 3.24. The molecule has 2 aliphatic rings. The summed E-state index contributed by atoms with van der Waals surface area (Å²) in [6, 6.07) is 0. The van der Waals surface area contributed by atoms with Crippen molar-refractivity contribution in [2.45, 2.75) is 37.4 Å². The lowest BCUT2D eigenvalue weighted by Crippen LogP contribution is -2.23. The van der Waals surface area contributed by atoms with Crippen molar-refractivity contribution in [3.8, 4) is 0 Å². The minimum Gasteiger partial charge on any atom is -0.416 e. The molecule has 2 saturated heterocycles.